The van der Waals surface area contributed by atoms with E-state index in [1.165, 1.54) is 0 Å². The van der Waals surface area contributed by atoms with Gasteiger partial charge in [-0.15, -0.1) is 0 Å². The van der Waals surface area contributed by atoms with E-state index in [-0.39, 0.29) is 11.4 Å². The molecule has 0 saturated carbocycles. The van der Waals surface area contributed by atoms with Crippen molar-refractivity contribution in [1.82, 2.24) is 14.9 Å². The number of fused-ring (bicyclic) bond motifs is 1. The quantitative estimate of drug-likeness (QED) is 0.773. The second-order valence-electron chi connectivity index (χ2n) is 5.35. The molecule has 0 radical (unpaired) electrons. The largest absolute Gasteiger partial charge is 0.360 e. The Morgan fingerprint density at radius 2 is 2.00 bits per heavy atom. The SMILES string of the molecule is Cc1cc2cc(CNS(=O)(=O)c3c(C)noc3C)ccc2[nH]1. The van der Waals surface area contributed by atoms with Gasteiger partial charge in [0.1, 0.15) is 10.6 Å². The number of benzene rings is 1. The fourth-order valence-corrected chi connectivity index (χ4v) is 3.89. The lowest BCUT2D eigenvalue weighted by molar-refractivity contribution is 0.390. The first-order valence-electron chi connectivity index (χ1n) is 6.87. The maximum Gasteiger partial charge on any atom is 0.246 e. The predicted molar refractivity (Wildman–Crippen MR) is 83.0 cm³/mol. The zero-order valence-corrected chi connectivity index (χ0v) is 13.4. The molecule has 0 saturated heterocycles. The molecular weight excluding hydrogens is 302 g/mol. The molecule has 7 heteroatoms. The average Bonchev–Trinajstić information content (AvgIpc) is 2.98. The van der Waals surface area contributed by atoms with E-state index < -0.39 is 10.0 Å². The molecule has 0 aliphatic carbocycles. The third-order valence-corrected chi connectivity index (χ3v) is 5.17. The van der Waals surface area contributed by atoms with Gasteiger partial charge >= 0.3 is 0 Å². The molecule has 2 heterocycles. The number of aromatic nitrogens is 2. The van der Waals surface area contributed by atoms with Crippen LogP contribution in [0.4, 0.5) is 0 Å². The number of nitrogens with one attached hydrogen (secondary N) is 2. The van der Waals surface area contributed by atoms with Crippen molar-refractivity contribution >= 4 is 20.9 Å². The lowest BCUT2D eigenvalue weighted by atomic mass is 10.1. The van der Waals surface area contributed by atoms with Crippen molar-refractivity contribution in [2.45, 2.75) is 32.2 Å². The Morgan fingerprint density at radius 3 is 2.68 bits per heavy atom. The molecule has 0 aliphatic heterocycles. The summed E-state index contributed by atoms with van der Waals surface area (Å²) in [7, 11) is -3.64. The van der Waals surface area contributed by atoms with Crippen LogP contribution in [0, 0.1) is 20.8 Å². The van der Waals surface area contributed by atoms with Crippen LogP contribution in [0.15, 0.2) is 33.7 Å². The highest BCUT2D eigenvalue weighted by atomic mass is 32.2. The van der Waals surface area contributed by atoms with E-state index in [9.17, 15) is 8.42 Å². The molecule has 0 aliphatic rings. The Morgan fingerprint density at radius 1 is 1.23 bits per heavy atom. The fraction of sp³-hybridized carbons (Fsp3) is 0.267. The summed E-state index contributed by atoms with van der Waals surface area (Å²) in [5, 5.41) is 4.74. The highest BCUT2D eigenvalue weighted by Gasteiger charge is 2.23. The molecule has 0 amide bonds. The third kappa shape index (κ3) is 2.65. The summed E-state index contributed by atoms with van der Waals surface area (Å²) in [5.74, 6) is 0.293. The van der Waals surface area contributed by atoms with E-state index in [1.54, 1.807) is 13.8 Å². The second kappa shape index (κ2) is 5.26. The minimum atomic E-state index is -3.64. The first kappa shape index (κ1) is 14.8. The Bertz CT molecular complexity index is 919. The third-order valence-electron chi connectivity index (χ3n) is 3.52. The Balaban J connectivity index is 1.84. The van der Waals surface area contributed by atoms with E-state index in [0.717, 1.165) is 22.2 Å². The maximum absolute atomic E-state index is 12.4. The highest BCUT2D eigenvalue weighted by molar-refractivity contribution is 7.89. The summed E-state index contributed by atoms with van der Waals surface area (Å²) in [5.41, 5.74) is 3.36. The second-order valence-corrected chi connectivity index (χ2v) is 7.06. The topological polar surface area (TPSA) is 88.0 Å². The Labute approximate surface area is 128 Å². The molecule has 0 fully saturated rings. The standard InChI is InChI=1S/C15H17N3O3S/c1-9-6-13-7-12(4-5-14(13)17-9)8-16-22(19,20)15-10(2)18-21-11(15)3/h4-7,16-17H,8H2,1-3H3. The predicted octanol–water partition coefficient (Wildman–Crippen LogP) is 2.56. The van der Waals surface area contributed by atoms with Gasteiger partial charge in [-0.2, -0.15) is 0 Å². The highest BCUT2D eigenvalue weighted by Crippen LogP contribution is 2.20. The summed E-state index contributed by atoms with van der Waals surface area (Å²) in [6, 6.07) is 7.84. The van der Waals surface area contributed by atoms with E-state index >= 15 is 0 Å². The van der Waals surface area contributed by atoms with Crippen molar-refractivity contribution in [3.05, 3.63) is 47.0 Å². The zero-order valence-electron chi connectivity index (χ0n) is 12.6. The van der Waals surface area contributed by atoms with Crippen molar-refractivity contribution in [1.29, 1.82) is 0 Å². The first-order valence-corrected chi connectivity index (χ1v) is 8.36. The van der Waals surface area contributed by atoms with Gasteiger partial charge in [-0.1, -0.05) is 11.2 Å². The number of sulfonamides is 1. The summed E-state index contributed by atoms with van der Waals surface area (Å²) in [4.78, 5) is 3.35. The van der Waals surface area contributed by atoms with E-state index in [0.29, 0.717) is 11.5 Å². The molecule has 22 heavy (non-hydrogen) atoms. The van der Waals surface area contributed by atoms with Crippen LogP contribution in [0.5, 0.6) is 0 Å². The number of aromatic amines is 1. The van der Waals surface area contributed by atoms with Crippen LogP contribution < -0.4 is 4.72 Å². The summed E-state index contributed by atoms with van der Waals surface area (Å²) in [6.07, 6.45) is 0. The van der Waals surface area contributed by atoms with Crippen LogP contribution in [-0.4, -0.2) is 18.6 Å². The van der Waals surface area contributed by atoms with Gasteiger partial charge in [0.25, 0.3) is 0 Å². The Kier molecular flexibility index (Phi) is 3.54. The summed E-state index contributed by atoms with van der Waals surface area (Å²) >= 11 is 0. The van der Waals surface area contributed by atoms with Gasteiger partial charge in [-0.05, 0) is 49.9 Å². The lowest BCUT2D eigenvalue weighted by Crippen LogP contribution is -2.24. The normalized spacial score (nSPS) is 12.1. The van der Waals surface area contributed by atoms with Crippen LogP contribution in [0.3, 0.4) is 0 Å². The lowest BCUT2D eigenvalue weighted by Gasteiger charge is -2.06. The minimum Gasteiger partial charge on any atom is -0.360 e. The molecule has 116 valence electrons. The summed E-state index contributed by atoms with van der Waals surface area (Å²) < 4.78 is 32.2. The van der Waals surface area contributed by atoms with E-state index in [4.69, 9.17) is 4.52 Å². The molecule has 0 atom stereocenters. The number of nitrogens with zero attached hydrogens (tertiary/aromatic N) is 1. The molecule has 1 aromatic carbocycles. The van der Waals surface area contributed by atoms with Crippen LogP contribution in [-0.2, 0) is 16.6 Å². The van der Waals surface area contributed by atoms with Gasteiger partial charge in [0.15, 0.2) is 5.76 Å². The molecule has 0 bridgehead atoms. The molecule has 6 nitrogen and oxygen atoms in total. The van der Waals surface area contributed by atoms with E-state index in [1.807, 2.05) is 31.2 Å². The smallest absolute Gasteiger partial charge is 0.246 e. The monoisotopic (exact) mass is 319 g/mol. The van der Waals surface area contributed by atoms with Gasteiger partial charge in [-0.25, -0.2) is 13.1 Å². The number of hydrogen-bond donors (Lipinski definition) is 2. The van der Waals surface area contributed by atoms with Gasteiger partial charge in [0.2, 0.25) is 10.0 Å². The van der Waals surface area contributed by atoms with Gasteiger partial charge in [0, 0.05) is 17.8 Å². The molecular formula is C15H17N3O3S. The van der Waals surface area contributed by atoms with Crippen LogP contribution in [0.2, 0.25) is 0 Å². The molecule has 2 aromatic heterocycles. The van der Waals surface area contributed by atoms with Crippen LogP contribution in [0.1, 0.15) is 22.7 Å². The number of aryl methyl sites for hydroxylation is 3. The molecule has 2 N–H and O–H groups in total. The van der Waals surface area contributed by atoms with Crippen molar-refractivity contribution in [2.24, 2.45) is 0 Å². The number of H-pyrrole nitrogens is 1. The zero-order chi connectivity index (χ0) is 15.9. The maximum atomic E-state index is 12.4. The van der Waals surface area contributed by atoms with Crippen LogP contribution >= 0.6 is 0 Å². The van der Waals surface area contributed by atoms with Crippen LogP contribution in [0.25, 0.3) is 10.9 Å². The average molecular weight is 319 g/mol. The van der Waals surface area contributed by atoms with Crippen molar-refractivity contribution < 1.29 is 12.9 Å². The minimum absolute atomic E-state index is 0.117. The van der Waals surface area contributed by atoms with Gasteiger partial charge in [-0.3, -0.25) is 0 Å². The summed E-state index contributed by atoms with van der Waals surface area (Å²) in [6.45, 7) is 5.40. The molecule has 3 rings (SSSR count). The van der Waals surface area contributed by atoms with E-state index in [2.05, 4.69) is 14.9 Å². The van der Waals surface area contributed by atoms with Crippen molar-refractivity contribution in [3.8, 4) is 0 Å². The molecule has 0 unspecified atom stereocenters. The van der Waals surface area contributed by atoms with Crippen molar-refractivity contribution in [2.75, 3.05) is 0 Å². The first-order chi connectivity index (χ1) is 10.4. The van der Waals surface area contributed by atoms with Gasteiger partial charge in [0.05, 0.1) is 0 Å². The number of rotatable bonds is 4. The molecule has 0 spiro atoms. The molecule has 3 aromatic rings. The Hall–Kier alpha value is -2.12. The van der Waals surface area contributed by atoms with Crippen molar-refractivity contribution in [3.63, 3.8) is 0 Å². The number of hydrogen-bond acceptors (Lipinski definition) is 4. The van der Waals surface area contributed by atoms with Gasteiger partial charge < -0.3 is 9.51 Å². The fourth-order valence-electron chi connectivity index (χ4n) is 2.55.